The molecule has 16 heavy (non-hydrogen) atoms. The van der Waals surface area contributed by atoms with Crippen LogP contribution in [-0.4, -0.2) is 5.11 Å². The van der Waals surface area contributed by atoms with Crippen molar-refractivity contribution in [2.24, 2.45) is 0 Å². The summed E-state index contributed by atoms with van der Waals surface area (Å²) in [5.74, 6) is 1.44. The van der Waals surface area contributed by atoms with Crippen LogP contribution in [0.3, 0.4) is 0 Å². The maximum atomic E-state index is 9.15. The van der Waals surface area contributed by atoms with Gasteiger partial charge in [-0.25, -0.2) is 0 Å². The Morgan fingerprint density at radius 2 is 1.69 bits per heavy atom. The maximum absolute atomic E-state index is 9.15. The Morgan fingerprint density at radius 3 is 2.38 bits per heavy atom. The fraction of sp³-hybridized carbons (Fsp3) is 0.0769. The van der Waals surface area contributed by atoms with Gasteiger partial charge >= 0.3 is 0 Å². The lowest BCUT2D eigenvalue weighted by molar-refractivity contribution is 0.276. The van der Waals surface area contributed by atoms with Gasteiger partial charge in [-0.3, -0.25) is 0 Å². The standard InChI is InChI=1S/C13H11BrO2/c14-11-5-7-12(8-6-11)16-13-4-2-1-3-10(13)9-15/h1-8,15H,9H2. The van der Waals surface area contributed by atoms with Gasteiger partial charge in [-0.2, -0.15) is 0 Å². The molecule has 2 rings (SSSR count). The van der Waals surface area contributed by atoms with Crippen molar-refractivity contribution in [1.29, 1.82) is 0 Å². The fourth-order valence-electron chi connectivity index (χ4n) is 1.36. The SMILES string of the molecule is OCc1ccccc1Oc1ccc(Br)cc1. The molecule has 0 bridgehead atoms. The monoisotopic (exact) mass is 278 g/mol. The van der Waals surface area contributed by atoms with E-state index in [1.54, 1.807) is 0 Å². The molecule has 0 unspecified atom stereocenters. The number of aliphatic hydroxyl groups is 1. The second-order valence-corrected chi connectivity index (χ2v) is 4.24. The van der Waals surface area contributed by atoms with Gasteiger partial charge in [-0.05, 0) is 30.3 Å². The summed E-state index contributed by atoms with van der Waals surface area (Å²) in [7, 11) is 0. The lowest BCUT2D eigenvalue weighted by atomic mass is 10.2. The van der Waals surface area contributed by atoms with Crippen LogP contribution >= 0.6 is 15.9 Å². The van der Waals surface area contributed by atoms with Crippen LogP contribution in [0.4, 0.5) is 0 Å². The van der Waals surface area contributed by atoms with E-state index in [0.717, 1.165) is 15.8 Å². The van der Waals surface area contributed by atoms with Gasteiger partial charge in [-0.1, -0.05) is 34.1 Å². The Labute approximate surface area is 103 Å². The van der Waals surface area contributed by atoms with Crippen LogP contribution in [0.25, 0.3) is 0 Å². The first kappa shape index (κ1) is 11.2. The summed E-state index contributed by atoms with van der Waals surface area (Å²) in [6, 6.07) is 15.0. The van der Waals surface area contributed by atoms with E-state index in [-0.39, 0.29) is 6.61 Å². The molecule has 0 radical (unpaired) electrons. The van der Waals surface area contributed by atoms with Crippen molar-refractivity contribution >= 4 is 15.9 Å². The van der Waals surface area contributed by atoms with Gasteiger partial charge in [0, 0.05) is 10.0 Å². The minimum Gasteiger partial charge on any atom is -0.457 e. The molecule has 2 aromatic rings. The van der Waals surface area contributed by atoms with Gasteiger partial charge in [0.15, 0.2) is 0 Å². The Bertz CT molecular complexity index is 466. The van der Waals surface area contributed by atoms with Crippen LogP contribution < -0.4 is 4.74 Å². The fourth-order valence-corrected chi connectivity index (χ4v) is 1.63. The summed E-state index contributed by atoms with van der Waals surface area (Å²) in [5, 5.41) is 9.15. The van der Waals surface area contributed by atoms with Gasteiger partial charge in [-0.15, -0.1) is 0 Å². The summed E-state index contributed by atoms with van der Waals surface area (Å²) >= 11 is 3.36. The predicted molar refractivity (Wildman–Crippen MR) is 66.6 cm³/mol. The molecule has 0 spiro atoms. The van der Waals surface area contributed by atoms with Crippen molar-refractivity contribution in [2.75, 3.05) is 0 Å². The van der Waals surface area contributed by atoms with E-state index in [0.29, 0.717) is 5.75 Å². The molecular weight excluding hydrogens is 268 g/mol. The van der Waals surface area contributed by atoms with Crippen molar-refractivity contribution in [3.8, 4) is 11.5 Å². The first-order chi connectivity index (χ1) is 7.79. The molecular formula is C13H11BrO2. The van der Waals surface area contributed by atoms with E-state index in [2.05, 4.69) is 15.9 Å². The third-order valence-electron chi connectivity index (χ3n) is 2.18. The smallest absolute Gasteiger partial charge is 0.132 e. The van der Waals surface area contributed by atoms with Crippen molar-refractivity contribution < 1.29 is 9.84 Å². The van der Waals surface area contributed by atoms with E-state index in [1.807, 2.05) is 48.5 Å². The quantitative estimate of drug-likeness (QED) is 0.927. The summed E-state index contributed by atoms with van der Waals surface area (Å²) in [5.41, 5.74) is 0.783. The third-order valence-corrected chi connectivity index (χ3v) is 2.71. The lowest BCUT2D eigenvalue weighted by Crippen LogP contribution is -1.90. The summed E-state index contributed by atoms with van der Waals surface area (Å²) in [6.45, 7) is -0.0211. The van der Waals surface area contributed by atoms with E-state index in [1.165, 1.54) is 0 Å². The molecule has 82 valence electrons. The highest BCUT2D eigenvalue weighted by Crippen LogP contribution is 2.26. The van der Waals surface area contributed by atoms with Crippen LogP contribution in [0.15, 0.2) is 53.0 Å². The minimum atomic E-state index is -0.0211. The highest BCUT2D eigenvalue weighted by molar-refractivity contribution is 9.10. The first-order valence-corrected chi connectivity index (χ1v) is 5.71. The molecule has 2 aromatic carbocycles. The number of aliphatic hydroxyl groups excluding tert-OH is 1. The van der Waals surface area contributed by atoms with Crippen LogP contribution in [0, 0.1) is 0 Å². The van der Waals surface area contributed by atoms with Crippen molar-refractivity contribution in [2.45, 2.75) is 6.61 Å². The van der Waals surface area contributed by atoms with E-state index in [4.69, 9.17) is 9.84 Å². The van der Waals surface area contributed by atoms with Crippen LogP contribution in [-0.2, 0) is 6.61 Å². The number of ether oxygens (including phenoxy) is 1. The zero-order chi connectivity index (χ0) is 11.4. The van der Waals surface area contributed by atoms with Gasteiger partial charge in [0.25, 0.3) is 0 Å². The first-order valence-electron chi connectivity index (χ1n) is 4.92. The topological polar surface area (TPSA) is 29.5 Å². The highest BCUT2D eigenvalue weighted by Gasteiger charge is 2.02. The number of rotatable bonds is 3. The molecule has 0 atom stereocenters. The van der Waals surface area contributed by atoms with Gasteiger partial charge in [0.05, 0.1) is 6.61 Å². The van der Waals surface area contributed by atoms with Crippen molar-refractivity contribution in [3.05, 3.63) is 58.6 Å². The summed E-state index contributed by atoms with van der Waals surface area (Å²) in [4.78, 5) is 0. The van der Waals surface area contributed by atoms with E-state index >= 15 is 0 Å². The molecule has 0 heterocycles. The van der Waals surface area contributed by atoms with Crippen molar-refractivity contribution in [1.82, 2.24) is 0 Å². The highest BCUT2D eigenvalue weighted by atomic mass is 79.9. The second-order valence-electron chi connectivity index (χ2n) is 3.32. The second kappa shape index (κ2) is 5.14. The molecule has 0 amide bonds. The van der Waals surface area contributed by atoms with E-state index < -0.39 is 0 Å². The Kier molecular flexibility index (Phi) is 3.59. The zero-order valence-corrected chi connectivity index (χ0v) is 10.1. The molecule has 0 saturated carbocycles. The summed E-state index contributed by atoms with van der Waals surface area (Å²) < 4.78 is 6.68. The molecule has 2 nitrogen and oxygen atoms in total. The van der Waals surface area contributed by atoms with E-state index in [9.17, 15) is 0 Å². The van der Waals surface area contributed by atoms with Crippen LogP contribution in [0.5, 0.6) is 11.5 Å². The number of hydrogen-bond donors (Lipinski definition) is 1. The molecule has 0 saturated heterocycles. The Balaban J connectivity index is 2.23. The van der Waals surface area contributed by atoms with Gasteiger partial charge in [0.1, 0.15) is 11.5 Å². The number of benzene rings is 2. The lowest BCUT2D eigenvalue weighted by Gasteiger charge is -2.09. The average molecular weight is 279 g/mol. The minimum absolute atomic E-state index is 0.0211. The molecule has 3 heteroatoms. The number of para-hydroxylation sites is 1. The molecule has 0 aliphatic heterocycles. The molecule has 0 aliphatic rings. The zero-order valence-electron chi connectivity index (χ0n) is 8.56. The molecule has 0 aliphatic carbocycles. The predicted octanol–water partition coefficient (Wildman–Crippen LogP) is 3.73. The van der Waals surface area contributed by atoms with Crippen molar-refractivity contribution in [3.63, 3.8) is 0 Å². The number of halogens is 1. The molecule has 0 aromatic heterocycles. The van der Waals surface area contributed by atoms with Crippen LogP contribution in [0.1, 0.15) is 5.56 Å². The Morgan fingerprint density at radius 1 is 1.00 bits per heavy atom. The third kappa shape index (κ3) is 2.62. The summed E-state index contributed by atoms with van der Waals surface area (Å²) in [6.07, 6.45) is 0. The largest absolute Gasteiger partial charge is 0.457 e. The molecule has 1 N–H and O–H groups in total. The van der Waals surface area contributed by atoms with Gasteiger partial charge < -0.3 is 9.84 Å². The Hall–Kier alpha value is -1.32. The normalized spacial score (nSPS) is 10.1. The maximum Gasteiger partial charge on any atom is 0.132 e. The number of hydrogen-bond acceptors (Lipinski definition) is 2. The molecule has 0 fully saturated rings. The van der Waals surface area contributed by atoms with Gasteiger partial charge in [0.2, 0.25) is 0 Å². The van der Waals surface area contributed by atoms with Crippen LogP contribution in [0.2, 0.25) is 0 Å². The average Bonchev–Trinajstić information content (AvgIpc) is 2.33.